The van der Waals surface area contributed by atoms with Crippen molar-refractivity contribution in [1.29, 1.82) is 0 Å². The number of hydrogen-bond donors (Lipinski definition) is 1. The zero-order valence-corrected chi connectivity index (χ0v) is 16.2. The summed E-state index contributed by atoms with van der Waals surface area (Å²) in [6.45, 7) is 5.69. The number of carbonyl (C=O) groups is 1. The second kappa shape index (κ2) is 7.53. The van der Waals surface area contributed by atoms with Crippen LogP contribution in [0.5, 0.6) is 11.5 Å². The molecule has 1 amide bonds. The number of hydrogen-bond acceptors (Lipinski definition) is 4. The highest BCUT2D eigenvalue weighted by Gasteiger charge is 2.18. The molecule has 6 nitrogen and oxygen atoms in total. The minimum Gasteiger partial charge on any atom is -0.496 e. The minimum absolute atomic E-state index is 0.245. The molecule has 0 aliphatic rings. The average molecular weight is 365 g/mol. The molecule has 0 spiro atoms. The van der Waals surface area contributed by atoms with Crippen LogP contribution < -0.4 is 14.8 Å². The number of aromatic nitrogens is 2. The van der Waals surface area contributed by atoms with Crippen molar-refractivity contribution in [3.8, 4) is 17.2 Å². The zero-order valence-electron chi connectivity index (χ0n) is 16.2. The van der Waals surface area contributed by atoms with E-state index in [4.69, 9.17) is 9.47 Å². The van der Waals surface area contributed by atoms with Crippen LogP contribution in [0.3, 0.4) is 0 Å². The van der Waals surface area contributed by atoms with Gasteiger partial charge in [-0.15, -0.1) is 0 Å². The normalized spacial score (nSPS) is 10.6. The monoisotopic (exact) mass is 365 g/mol. The van der Waals surface area contributed by atoms with Crippen molar-refractivity contribution in [1.82, 2.24) is 9.78 Å². The van der Waals surface area contributed by atoms with Gasteiger partial charge in [0.15, 0.2) is 0 Å². The molecule has 3 rings (SSSR count). The smallest absolute Gasteiger partial charge is 0.256 e. The molecule has 1 aromatic heterocycles. The molecular formula is C21H23N3O3. The van der Waals surface area contributed by atoms with Crippen LogP contribution in [0.4, 0.5) is 5.69 Å². The van der Waals surface area contributed by atoms with Crippen molar-refractivity contribution >= 4 is 11.6 Å². The number of amides is 1. The Morgan fingerprint density at radius 1 is 1.00 bits per heavy atom. The Kier molecular flexibility index (Phi) is 5.16. The number of benzene rings is 2. The van der Waals surface area contributed by atoms with Crippen molar-refractivity contribution in [3.63, 3.8) is 0 Å². The van der Waals surface area contributed by atoms with Crippen molar-refractivity contribution in [3.05, 3.63) is 65.0 Å². The summed E-state index contributed by atoms with van der Waals surface area (Å²) in [5, 5.41) is 7.53. The molecule has 1 N–H and O–H groups in total. The number of nitrogens with zero attached hydrogens (tertiary/aromatic N) is 2. The number of carbonyl (C=O) groups excluding carboxylic acids is 1. The first-order valence-electron chi connectivity index (χ1n) is 8.62. The van der Waals surface area contributed by atoms with E-state index in [-0.39, 0.29) is 5.91 Å². The summed E-state index contributed by atoms with van der Waals surface area (Å²) in [6, 6.07) is 13.2. The first-order chi connectivity index (χ1) is 13.0. The highest BCUT2D eigenvalue weighted by Crippen LogP contribution is 2.30. The van der Waals surface area contributed by atoms with Crippen molar-refractivity contribution in [2.24, 2.45) is 0 Å². The maximum Gasteiger partial charge on any atom is 0.256 e. The van der Waals surface area contributed by atoms with Gasteiger partial charge in [-0.05, 0) is 45.0 Å². The van der Waals surface area contributed by atoms with Gasteiger partial charge in [0.1, 0.15) is 11.5 Å². The number of rotatable bonds is 5. The van der Waals surface area contributed by atoms with E-state index in [1.54, 1.807) is 26.4 Å². The largest absolute Gasteiger partial charge is 0.496 e. The van der Waals surface area contributed by atoms with Gasteiger partial charge in [0.2, 0.25) is 0 Å². The first-order valence-corrected chi connectivity index (χ1v) is 8.62. The van der Waals surface area contributed by atoms with E-state index < -0.39 is 0 Å². The topological polar surface area (TPSA) is 65.4 Å². The lowest BCUT2D eigenvalue weighted by atomic mass is 10.1. The molecule has 0 saturated carbocycles. The lowest BCUT2D eigenvalue weighted by Gasteiger charge is -2.13. The molecule has 3 aromatic rings. The first kappa shape index (κ1) is 18.5. The molecule has 0 aliphatic heterocycles. The van der Waals surface area contributed by atoms with Crippen LogP contribution in [0.25, 0.3) is 5.69 Å². The maximum absolute atomic E-state index is 12.9. The standard InChI is InChI=1S/C21H23N3O3/c1-13-18(26-4)11-16(12-19(13)27-5)21(25)22-20-14(2)23-24(15(20)3)17-9-7-6-8-10-17/h6-12H,1-5H3,(H,22,25). The summed E-state index contributed by atoms with van der Waals surface area (Å²) in [4.78, 5) is 12.9. The van der Waals surface area contributed by atoms with E-state index in [0.717, 1.165) is 22.6 Å². The van der Waals surface area contributed by atoms with Crippen LogP contribution in [0.1, 0.15) is 27.3 Å². The van der Waals surface area contributed by atoms with Gasteiger partial charge in [0.05, 0.1) is 37.0 Å². The van der Waals surface area contributed by atoms with Gasteiger partial charge >= 0.3 is 0 Å². The summed E-state index contributed by atoms with van der Waals surface area (Å²) in [5.41, 5.74) is 4.55. The molecule has 140 valence electrons. The Morgan fingerprint density at radius 3 is 2.15 bits per heavy atom. The van der Waals surface area contributed by atoms with E-state index >= 15 is 0 Å². The van der Waals surface area contributed by atoms with Gasteiger partial charge in [0.25, 0.3) is 5.91 Å². The van der Waals surface area contributed by atoms with E-state index in [1.165, 1.54) is 0 Å². The quantitative estimate of drug-likeness (QED) is 0.740. The lowest BCUT2D eigenvalue weighted by molar-refractivity contribution is 0.102. The lowest BCUT2D eigenvalue weighted by Crippen LogP contribution is -2.14. The van der Waals surface area contributed by atoms with E-state index in [1.807, 2.05) is 55.8 Å². The van der Waals surface area contributed by atoms with Crippen LogP contribution in [-0.2, 0) is 0 Å². The average Bonchev–Trinajstić information content (AvgIpc) is 2.97. The van der Waals surface area contributed by atoms with Gasteiger partial charge in [0, 0.05) is 11.1 Å². The summed E-state index contributed by atoms with van der Waals surface area (Å²) in [6.07, 6.45) is 0. The molecule has 27 heavy (non-hydrogen) atoms. The fourth-order valence-corrected chi connectivity index (χ4v) is 3.05. The second-order valence-corrected chi connectivity index (χ2v) is 6.25. The Labute approximate surface area is 158 Å². The fraction of sp³-hybridized carbons (Fsp3) is 0.238. The SMILES string of the molecule is COc1cc(C(=O)Nc2c(C)nn(-c3ccccc3)c2C)cc(OC)c1C. The molecule has 0 bridgehead atoms. The second-order valence-electron chi connectivity index (χ2n) is 6.25. The minimum atomic E-state index is -0.245. The third-order valence-electron chi connectivity index (χ3n) is 4.55. The van der Waals surface area contributed by atoms with Crippen LogP contribution >= 0.6 is 0 Å². The number of anilines is 1. The predicted octanol–water partition coefficient (Wildman–Crippen LogP) is 4.07. The molecule has 0 fully saturated rings. The highest BCUT2D eigenvalue weighted by molar-refractivity contribution is 6.05. The third-order valence-corrected chi connectivity index (χ3v) is 4.55. The predicted molar refractivity (Wildman–Crippen MR) is 105 cm³/mol. The molecule has 0 aliphatic carbocycles. The molecule has 6 heteroatoms. The van der Waals surface area contributed by atoms with Gasteiger partial charge in [-0.25, -0.2) is 4.68 Å². The Bertz CT molecular complexity index is 953. The van der Waals surface area contributed by atoms with E-state index in [9.17, 15) is 4.79 Å². The molecular weight excluding hydrogens is 342 g/mol. The number of para-hydroxylation sites is 1. The van der Waals surface area contributed by atoms with Crippen molar-refractivity contribution < 1.29 is 14.3 Å². The molecule has 2 aromatic carbocycles. The Morgan fingerprint density at radius 2 is 1.59 bits per heavy atom. The molecule has 0 unspecified atom stereocenters. The Hall–Kier alpha value is -3.28. The summed E-state index contributed by atoms with van der Waals surface area (Å²) in [7, 11) is 3.14. The summed E-state index contributed by atoms with van der Waals surface area (Å²) < 4.78 is 12.5. The maximum atomic E-state index is 12.9. The van der Waals surface area contributed by atoms with Crippen molar-refractivity contribution in [2.45, 2.75) is 20.8 Å². The van der Waals surface area contributed by atoms with Crippen LogP contribution in [0.15, 0.2) is 42.5 Å². The molecule has 0 atom stereocenters. The number of ether oxygens (including phenoxy) is 2. The van der Waals surface area contributed by atoms with Crippen molar-refractivity contribution in [2.75, 3.05) is 19.5 Å². The summed E-state index contributed by atoms with van der Waals surface area (Å²) in [5.74, 6) is 0.964. The number of aryl methyl sites for hydroxylation is 1. The van der Waals surface area contributed by atoms with E-state index in [0.29, 0.717) is 22.7 Å². The van der Waals surface area contributed by atoms with Crippen LogP contribution in [0, 0.1) is 20.8 Å². The van der Waals surface area contributed by atoms with Gasteiger partial charge in [-0.1, -0.05) is 18.2 Å². The number of nitrogens with one attached hydrogen (secondary N) is 1. The number of methoxy groups -OCH3 is 2. The zero-order chi connectivity index (χ0) is 19.6. The summed E-state index contributed by atoms with van der Waals surface area (Å²) >= 11 is 0. The highest BCUT2D eigenvalue weighted by atomic mass is 16.5. The van der Waals surface area contributed by atoms with Gasteiger partial charge in [-0.2, -0.15) is 5.10 Å². The van der Waals surface area contributed by atoms with Gasteiger partial charge in [-0.3, -0.25) is 4.79 Å². The van der Waals surface area contributed by atoms with Crippen LogP contribution in [-0.4, -0.2) is 29.9 Å². The fourth-order valence-electron chi connectivity index (χ4n) is 3.05. The van der Waals surface area contributed by atoms with Gasteiger partial charge < -0.3 is 14.8 Å². The van der Waals surface area contributed by atoms with Crippen LogP contribution in [0.2, 0.25) is 0 Å². The van der Waals surface area contributed by atoms with E-state index in [2.05, 4.69) is 10.4 Å². The Balaban J connectivity index is 1.95. The molecule has 0 saturated heterocycles. The molecule has 1 heterocycles. The molecule has 0 radical (unpaired) electrons. The third kappa shape index (κ3) is 3.51.